The molecule has 1 unspecified atom stereocenters. The molecule has 108 valence electrons. The Labute approximate surface area is 130 Å². The zero-order valence-corrected chi connectivity index (χ0v) is 12.9. The lowest BCUT2D eigenvalue weighted by molar-refractivity contribution is 0.536. The summed E-state index contributed by atoms with van der Waals surface area (Å²) < 4.78 is 22.2. The van der Waals surface area contributed by atoms with E-state index in [9.17, 15) is 8.76 Å². The minimum Gasteiger partial charge on any atom is -0.772 e. The summed E-state index contributed by atoms with van der Waals surface area (Å²) in [5.41, 5.74) is 4.81. The highest BCUT2D eigenvalue weighted by molar-refractivity contribution is 7.78. The predicted molar refractivity (Wildman–Crippen MR) is 86.1 cm³/mol. The molecule has 0 bridgehead atoms. The summed E-state index contributed by atoms with van der Waals surface area (Å²) in [6.07, 6.45) is 0. The molecule has 21 heavy (non-hydrogen) atoms. The van der Waals surface area contributed by atoms with Crippen molar-refractivity contribution in [3.05, 3.63) is 58.7 Å². The van der Waals surface area contributed by atoms with Crippen molar-refractivity contribution >= 4 is 33.6 Å². The highest BCUT2D eigenvalue weighted by Crippen LogP contribution is 2.35. The van der Waals surface area contributed by atoms with Gasteiger partial charge in [-0.15, -0.1) is 0 Å². The normalized spacial score (nSPS) is 12.7. The van der Waals surface area contributed by atoms with Crippen LogP contribution in [0, 0.1) is 6.92 Å². The molecule has 3 nitrogen and oxygen atoms in total. The van der Waals surface area contributed by atoms with Crippen molar-refractivity contribution in [3.8, 4) is 11.1 Å². The largest absolute Gasteiger partial charge is 0.772 e. The summed E-state index contributed by atoms with van der Waals surface area (Å²) >= 11 is 3.83. The predicted octanol–water partition coefficient (Wildman–Crippen LogP) is 4.18. The Morgan fingerprint density at radius 2 is 1.90 bits per heavy atom. The van der Waals surface area contributed by atoms with E-state index in [1.807, 2.05) is 49.4 Å². The molecule has 3 aromatic rings. The summed E-state index contributed by atoms with van der Waals surface area (Å²) in [6, 6.07) is 13.2. The zero-order valence-electron chi connectivity index (χ0n) is 11.4. The molecule has 0 saturated heterocycles. The van der Waals surface area contributed by atoms with E-state index in [1.54, 1.807) is 0 Å². The van der Waals surface area contributed by atoms with Crippen LogP contribution in [0.25, 0.3) is 22.0 Å². The monoisotopic (exact) mass is 318 g/mol. The molecule has 2 aromatic carbocycles. The fourth-order valence-corrected chi connectivity index (χ4v) is 3.30. The number of fused-ring (bicyclic) bond motifs is 1. The number of aromatic nitrogens is 1. The lowest BCUT2D eigenvalue weighted by Crippen LogP contribution is -1.94. The van der Waals surface area contributed by atoms with Gasteiger partial charge in [0.2, 0.25) is 0 Å². The third kappa shape index (κ3) is 2.75. The van der Waals surface area contributed by atoms with E-state index in [4.69, 9.17) is 11.6 Å². The Bertz CT molecular complexity index is 824. The second-order valence-electron chi connectivity index (χ2n) is 4.92. The topological polar surface area (TPSA) is 55.9 Å². The average molecular weight is 319 g/mol. The van der Waals surface area contributed by atoms with Gasteiger partial charge >= 0.3 is 0 Å². The van der Waals surface area contributed by atoms with Crippen LogP contribution in [0.5, 0.6) is 0 Å². The first-order valence-corrected chi connectivity index (χ1v) is 8.10. The third-order valence-electron chi connectivity index (χ3n) is 3.50. The van der Waals surface area contributed by atoms with Gasteiger partial charge in [0.1, 0.15) is 0 Å². The summed E-state index contributed by atoms with van der Waals surface area (Å²) in [6.45, 7) is 1.99. The molecule has 1 atom stereocenters. The molecule has 0 saturated carbocycles. The Morgan fingerprint density at radius 3 is 2.57 bits per heavy atom. The second-order valence-corrected chi connectivity index (χ2v) is 6.25. The van der Waals surface area contributed by atoms with E-state index in [0.717, 1.165) is 33.3 Å². The van der Waals surface area contributed by atoms with E-state index >= 15 is 0 Å². The van der Waals surface area contributed by atoms with Crippen LogP contribution in [0.15, 0.2) is 42.5 Å². The highest BCUT2D eigenvalue weighted by Gasteiger charge is 2.14. The van der Waals surface area contributed by atoms with Gasteiger partial charge in [-0.1, -0.05) is 46.9 Å². The maximum absolute atomic E-state index is 11.1. The summed E-state index contributed by atoms with van der Waals surface area (Å²) in [7, 11) is 0. The van der Waals surface area contributed by atoms with Crippen LogP contribution in [0.3, 0.4) is 0 Å². The average Bonchev–Trinajstić information content (AvgIpc) is 2.76. The number of aromatic amines is 1. The number of halogens is 1. The van der Waals surface area contributed by atoms with E-state index in [1.165, 1.54) is 0 Å². The van der Waals surface area contributed by atoms with Crippen LogP contribution in [-0.2, 0) is 16.8 Å². The first kappa shape index (κ1) is 14.3. The van der Waals surface area contributed by atoms with Crippen LogP contribution in [0.1, 0.15) is 11.3 Å². The minimum atomic E-state index is -2.12. The molecule has 1 N–H and O–H groups in total. The number of hydrogen-bond acceptors (Lipinski definition) is 2. The molecule has 3 rings (SSSR count). The molecule has 1 heterocycles. The molecule has 0 aliphatic rings. The van der Waals surface area contributed by atoms with Crippen molar-refractivity contribution < 1.29 is 8.76 Å². The molecule has 0 fully saturated rings. The van der Waals surface area contributed by atoms with Gasteiger partial charge in [0, 0.05) is 32.9 Å². The molecular formula is C16H13ClNO2S-. The first-order valence-electron chi connectivity index (χ1n) is 6.48. The fourth-order valence-electron chi connectivity index (χ4n) is 2.68. The maximum Gasteiger partial charge on any atom is 0.0465 e. The van der Waals surface area contributed by atoms with Gasteiger partial charge < -0.3 is 9.54 Å². The third-order valence-corrected chi connectivity index (χ3v) is 4.30. The lowest BCUT2D eigenvalue weighted by Gasteiger charge is -2.09. The Hall–Kier alpha value is -1.62. The fraction of sp³-hybridized carbons (Fsp3) is 0.125. The molecule has 0 amide bonds. The van der Waals surface area contributed by atoms with Gasteiger partial charge in [0.15, 0.2) is 0 Å². The SMILES string of the molecule is Cc1[nH]c2cccc(CS(=O)[O-])c2c1-c1ccc(Cl)cc1. The number of H-pyrrole nitrogens is 1. The number of aryl methyl sites for hydroxylation is 1. The van der Waals surface area contributed by atoms with E-state index in [0.29, 0.717) is 5.02 Å². The smallest absolute Gasteiger partial charge is 0.0465 e. The Morgan fingerprint density at radius 1 is 1.19 bits per heavy atom. The van der Waals surface area contributed by atoms with Crippen LogP contribution >= 0.6 is 11.6 Å². The quantitative estimate of drug-likeness (QED) is 0.737. The van der Waals surface area contributed by atoms with Crippen LogP contribution in [0.2, 0.25) is 5.02 Å². The highest BCUT2D eigenvalue weighted by atomic mass is 35.5. The van der Waals surface area contributed by atoms with Gasteiger partial charge in [0.25, 0.3) is 0 Å². The van der Waals surface area contributed by atoms with Crippen molar-refractivity contribution in [2.75, 3.05) is 0 Å². The summed E-state index contributed by atoms with van der Waals surface area (Å²) in [5, 5.41) is 1.64. The van der Waals surface area contributed by atoms with E-state index in [-0.39, 0.29) is 5.75 Å². The minimum absolute atomic E-state index is 0.00915. The number of benzene rings is 2. The van der Waals surface area contributed by atoms with Crippen LogP contribution < -0.4 is 0 Å². The first-order chi connectivity index (χ1) is 10.1. The summed E-state index contributed by atoms with van der Waals surface area (Å²) in [5.74, 6) is 0.00915. The van der Waals surface area contributed by atoms with Crippen molar-refractivity contribution in [3.63, 3.8) is 0 Å². The van der Waals surface area contributed by atoms with Gasteiger partial charge in [-0.05, 0) is 36.2 Å². The van der Waals surface area contributed by atoms with Crippen LogP contribution in [0.4, 0.5) is 0 Å². The van der Waals surface area contributed by atoms with E-state index < -0.39 is 11.1 Å². The molecule has 0 spiro atoms. The molecule has 0 radical (unpaired) electrons. The molecule has 5 heteroatoms. The molecular weight excluding hydrogens is 306 g/mol. The van der Waals surface area contributed by atoms with Crippen molar-refractivity contribution in [1.82, 2.24) is 4.98 Å². The standard InChI is InChI=1S/C16H14ClNO2S/c1-10-15(11-5-7-13(17)8-6-11)16-12(9-21(19)20)3-2-4-14(16)18-10/h2-8,18H,9H2,1H3,(H,19,20)/p-1. The molecule has 0 aliphatic carbocycles. The zero-order chi connectivity index (χ0) is 15.0. The lowest BCUT2D eigenvalue weighted by atomic mass is 9.99. The number of nitrogens with one attached hydrogen (secondary N) is 1. The van der Waals surface area contributed by atoms with Crippen molar-refractivity contribution in [1.29, 1.82) is 0 Å². The maximum atomic E-state index is 11.1. The van der Waals surface area contributed by atoms with Gasteiger partial charge in [0.05, 0.1) is 0 Å². The van der Waals surface area contributed by atoms with Gasteiger partial charge in [-0.3, -0.25) is 4.21 Å². The van der Waals surface area contributed by atoms with Crippen molar-refractivity contribution in [2.24, 2.45) is 0 Å². The van der Waals surface area contributed by atoms with E-state index in [2.05, 4.69) is 4.98 Å². The van der Waals surface area contributed by atoms with Gasteiger partial charge in [-0.25, -0.2) is 0 Å². The second kappa shape index (κ2) is 5.64. The number of rotatable bonds is 3. The molecule has 1 aromatic heterocycles. The Kier molecular flexibility index (Phi) is 3.85. The van der Waals surface area contributed by atoms with Crippen molar-refractivity contribution in [2.45, 2.75) is 12.7 Å². The molecule has 0 aliphatic heterocycles. The summed E-state index contributed by atoms with van der Waals surface area (Å²) in [4.78, 5) is 3.32. The Balaban J connectivity index is 2.28. The van der Waals surface area contributed by atoms with Crippen LogP contribution in [-0.4, -0.2) is 13.7 Å². The van der Waals surface area contributed by atoms with Gasteiger partial charge in [-0.2, -0.15) is 0 Å². The number of hydrogen-bond donors (Lipinski definition) is 1.